The third-order valence-corrected chi connectivity index (χ3v) is 5.87. The Morgan fingerprint density at radius 1 is 1.03 bits per heavy atom. The van der Waals surface area contributed by atoms with Gasteiger partial charge in [-0.15, -0.1) is 0 Å². The Morgan fingerprint density at radius 3 is 2.45 bits per heavy atom. The number of hydrogen-bond donors (Lipinski definition) is 0. The van der Waals surface area contributed by atoms with Gasteiger partial charge in [0.15, 0.2) is 0 Å². The largest absolute Gasteiger partial charge is 0.496 e. The Morgan fingerprint density at radius 2 is 1.74 bits per heavy atom. The lowest BCUT2D eigenvalue weighted by atomic mass is 10.00. The molecule has 0 saturated heterocycles. The highest BCUT2D eigenvalue weighted by atomic mass is 35.5. The smallest absolute Gasteiger partial charge is 0.257 e. The number of halogens is 1. The molecule has 2 heterocycles. The maximum absolute atomic E-state index is 13.2. The molecule has 3 aromatic rings. The molecule has 31 heavy (non-hydrogen) atoms. The number of ether oxygens (including phenoxy) is 1. The Balaban J connectivity index is 1.69. The number of rotatable bonds is 4. The molecule has 0 N–H and O–H groups in total. The van der Waals surface area contributed by atoms with Gasteiger partial charge in [0.05, 0.1) is 18.4 Å². The lowest BCUT2D eigenvalue weighted by molar-refractivity contribution is 0.0759. The highest BCUT2D eigenvalue weighted by molar-refractivity contribution is 6.30. The SMILES string of the molecule is COc1ccccc1C(=O)N1CCc2nc(C(C)C)nc(-c3ccc(Cl)cc3)c2CC1. The number of carbonyl (C=O) groups excluding carboxylic acids is 1. The summed E-state index contributed by atoms with van der Waals surface area (Å²) >= 11 is 6.10. The lowest BCUT2D eigenvalue weighted by Crippen LogP contribution is -2.33. The van der Waals surface area contributed by atoms with Gasteiger partial charge in [-0.2, -0.15) is 0 Å². The van der Waals surface area contributed by atoms with Crippen LogP contribution in [0.1, 0.15) is 47.2 Å². The van der Waals surface area contributed by atoms with Gasteiger partial charge in [-0.05, 0) is 30.7 Å². The molecule has 5 nitrogen and oxygen atoms in total. The van der Waals surface area contributed by atoms with Crippen LogP contribution in [-0.4, -0.2) is 41.0 Å². The van der Waals surface area contributed by atoms with E-state index in [9.17, 15) is 4.79 Å². The minimum absolute atomic E-state index is 0.0182. The quantitative estimate of drug-likeness (QED) is 0.567. The van der Waals surface area contributed by atoms with Crippen LogP contribution in [0.3, 0.4) is 0 Å². The fraction of sp³-hybridized carbons (Fsp3) is 0.320. The molecule has 0 fully saturated rings. The van der Waals surface area contributed by atoms with Gasteiger partial charge in [-0.25, -0.2) is 9.97 Å². The molecule has 1 amide bonds. The second-order valence-corrected chi connectivity index (χ2v) is 8.45. The van der Waals surface area contributed by atoms with Crippen molar-refractivity contribution in [3.05, 3.63) is 76.2 Å². The maximum Gasteiger partial charge on any atom is 0.257 e. The van der Waals surface area contributed by atoms with Gasteiger partial charge in [0.25, 0.3) is 5.91 Å². The molecule has 0 radical (unpaired) electrons. The van der Waals surface area contributed by atoms with Gasteiger partial charge >= 0.3 is 0 Å². The summed E-state index contributed by atoms with van der Waals surface area (Å²) in [6, 6.07) is 15.1. The van der Waals surface area contributed by atoms with E-state index in [0.717, 1.165) is 28.3 Å². The first-order chi connectivity index (χ1) is 15.0. The predicted octanol–water partition coefficient (Wildman–Crippen LogP) is 5.17. The second-order valence-electron chi connectivity index (χ2n) is 8.01. The molecule has 0 saturated carbocycles. The van der Waals surface area contributed by atoms with Crippen molar-refractivity contribution in [3.63, 3.8) is 0 Å². The Hall–Kier alpha value is -2.92. The highest BCUT2D eigenvalue weighted by Gasteiger charge is 2.25. The molecule has 2 aromatic carbocycles. The third-order valence-electron chi connectivity index (χ3n) is 5.62. The Kier molecular flexibility index (Phi) is 6.23. The molecule has 1 aliphatic rings. The number of para-hydroxylation sites is 1. The van der Waals surface area contributed by atoms with Crippen molar-refractivity contribution in [3.8, 4) is 17.0 Å². The molecular weight excluding hydrogens is 410 g/mol. The number of hydrogen-bond acceptors (Lipinski definition) is 4. The van der Waals surface area contributed by atoms with Crippen molar-refractivity contribution in [2.45, 2.75) is 32.6 Å². The van der Waals surface area contributed by atoms with Gasteiger partial charge in [-0.3, -0.25) is 4.79 Å². The molecule has 0 spiro atoms. The molecule has 0 atom stereocenters. The number of benzene rings is 2. The topological polar surface area (TPSA) is 55.3 Å². The van der Waals surface area contributed by atoms with E-state index in [1.165, 1.54) is 0 Å². The number of amides is 1. The summed E-state index contributed by atoms with van der Waals surface area (Å²) in [7, 11) is 1.59. The molecule has 1 aliphatic heterocycles. The summed E-state index contributed by atoms with van der Waals surface area (Å²) in [6.07, 6.45) is 1.39. The zero-order valence-corrected chi connectivity index (χ0v) is 18.8. The zero-order chi connectivity index (χ0) is 22.0. The number of carbonyl (C=O) groups is 1. The monoisotopic (exact) mass is 435 g/mol. The van der Waals surface area contributed by atoms with Crippen molar-refractivity contribution in [2.75, 3.05) is 20.2 Å². The van der Waals surface area contributed by atoms with Crippen LogP contribution in [-0.2, 0) is 12.8 Å². The van der Waals surface area contributed by atoms with Gasteiger partial charge in [-0.1, -0.05) is 49.7 Å². The van der Waals surface area contributed by atoms with Gasteiger partial charge in [0, 0.05) is 47.3 Å². The summed E-state index contributed by atoms with van der Waals surface area (Å²) in [5, 5.41) is 0.696. The van der Waals surface area contributed by atoms with Gasteiger partial charge < -0.3 is 9.64 Å². The summed E-state index contributed by atoms with van der Waals surface area (Å²) in [5.41, 5.74) is 4.69. The number of nitrogens with zero attached hydrogens (tertiary/aromatic N) is 3. The number of methoxy groups -OCH3 is 1. The first-order valence-electron chi connectivity index (χ1n) is 10.6. The fourth-order valence-electron chi connectivity index (χ4n) is 3.92. The first-order valence-corrected chi connectivity index (χ1v) is 10.9. The van der Waals surface area contributed by atoms with E-state index >= 15 is 0 Å². The predicted molar refractivity (Wildman–Crippen MR) is 123 cm³/mol. The molecule has 0 bridgehead atoms. The Bertz CT molecular complexity index is 1100. The van der Waals surface area contributed by atoms with Crippen LogP contribution in [0, 0.1) is 0 Å². The maximum atomic E-state index is 13.2. The third kappa shape index (κ3) is 4.42. The van der Waals surface area contributed by atoms with Crippen molar-refractivity contribution in [1.82, 2.24) is 14.9 Å². The highest BCUT2D eigenvalue weighted by Crippen LogP contribution is 2.30. The van der Waals surface area contributed by atoms with E-state index in [4.69, 9.17) is 26.3 Å². The molecule has 0 unspecified atom stereocenters. The first kappa shape index (κ1) is 21.3. The summed E-state index contributed by atoms with van der Waals surface area (Å²) < 4.78 is 5.40. The lowest BCUT2D eigenvalue weighted by Gasteiger charge is -2.21. The molecular formula is C25H26ClN3O2. The van der Waals surface area contributed by atoms with E-state index in [1.807, 2.05) is 53.4 Å². The Labute approximate surface area is 188 Å². The number of aromatic nitrogens is 2. The number of fused-ring (bicyclic) bond motifs is 1. The minimum atomic E-state index is -0.0182. The van der Waals surface area contributed by atoms with Crippen LogP contribution >= 0.6 is 11.6 Å². The summed E-state index contributed by atoms with van der Waals surface area (Å²) in [4.78, 5) is 24.9. The zero-order valence-electron chi connectivity index (χ0n) is 18.1. The molecule has 4 rings (SSSR count). The van der Waals surface area contributed by atoms with E-state index in [2.05, 4.69) is 13.8 Å². The van der Waals surface area contributed by atoms with Crippen LogP contribution in [0.2, 0.25) is 5.02 Å². The molecule has 0 aliphatic carbocycles. The average molecular weight is 436 g/mol. The molecule has 1 aromatic heterocycles. The van der Waals surface area contributed by atoms with E-state index in [1.54, 1.807) is 7.11 Å². The van der Waals surface area contributed by atoms with Crippen LogP contribution in [0.15, 0.2) is 48.5 Å². The van der Waals surface area contributed by atoms with E-state index in [0.29, 0.717) is 42.3 Å². The normalized spacial score (nSPS) is 13.6. The van der Waals surface area contributed by atoms with Crippen LogP contribution < -0.4 is 4.74 Å². The van der Waals surface area contributed by atoms with Crippen LogP contribution in [0.5, 0.6) is 5.75 Å². The molecule has 160 valence electrons. The van der Waals surface area contributed by atoms with Crippen LogP contribution in [0.4, 0.5) is 0 Å². The average Bonchev–Trinajstić information content (AvgIpc) is 3.01. The van der Waals surface area contributed by atoms with Gasteiger partial charge in [0.1, 0.15) is 11.6 Å². The second kappa shape index (κ2) is 9.06. The summed E-state index contributed by atoms with van der Waals surface area (Å²) in [6.45, 7) is 5.41. The van der Waals surface area contributed by atoms with Gasteiger partial charge in [0.2, 0.25) is 0 Å². The standard InChI is InChI=1S/C25H26ClN3O2/c1-16(2)24-27-21-13-15-29(25(30)20-6-4-5-7-22(20)31-3)14-12-19(21)23(28-24)17-8-10-18(26)11-9-17/h4-11,16H,12-15H2,1-3H3. The van der Waals surface area contributed by atoms with E-state index in [-0.39, 0.29) is 11.8 Å². The van der Waals surface area contributed by atoms with Crippen molar-refractivity contribution in [1.29, 1.82) is 0 Å². The fourth-order valence-corrected chi connectivity index (χ4v) is 4.04. The van der Waals surface area contributed by atoms with E-state index < -0.39 is 0 Å². The van der Waals surface area contributed by atoms with Crippen LogP contribution in [0.25, 0.3) is 11.3 Å². The minimum Gasteiger partial charge on any atom is -0.496 e. The van der Waals surface area contributed by atoms with Crippen molar-refractivity contribution in [2.24, 2.45) is 0 Å². The van der Waals surface area contributed by atoms with Crippen molar-refractivity contribution < 1.29 is 9.53 Å². The molecule has 6 heteroatoms. The summed E-state index contributed by atoms with van der Waals surface area (Å²) in [5.74, 6) is 1.62. The van der Waals surface area contributed by atoms with Crippen molar-refractivity contribution >= 4 is 17.5 Å².